The standard InChI is InChI=1S/C23H46N3O2P/c1-3-24-17-20-16-22(27)11-9-13-26-14-12-21(23(28)18-25-4-2)10-7-5-6-8-15-29-19-20/h20-21,24-26,29H,3-19H2,1-2H3. The van der Waals surface area contributed by atoms with Crippen molar-refractivity contribution in [3.8, 4) is 0 Å². The molecule has 3 atom stereocenters. The second-order valence-corrected chi connectivity index (χ2v) is 9.82. The van der Waals surface area contributed by atoms with Gasteiger partial charge in [-0.2, -0.15) is 0 Å². The first kappa shape index (κ1) is 26.7. The number of likely N-dealkylation sites (N-methyl/N-ethyl adjacent to an activating group) is 1. The molecule has 0 aromatic rings. The Balaban J connectivity index is 2.48. The Hall–Kier alpha value is -0.350. The van der Waals surface area contributed by atoms with Gasteiger partial charge in [-0.15, -0.1) is 8.58 Å². The van der Waals surface area contributed by atoms with E-state index in [0.717, 1.165) is 67.0 Å². The molecule has 6 heteroatoms. The van der Waals surface area contributed by atoms with Crippen LogP contribution in [0.3, 0.4) is 0 Å². The van der Waals surface area contributed by atoms with Crippen molar-refractivity contribution in [3.05, 3.63) is 0 Å². The number of hydrogen-bond donors (Lipinski definition) is 3. The van der Waals surface area contributed by atoms with Crippen LogP contribution in [0.1, 0.15) is 71.6 Å². The highest BCUT2D eigenvalue weighted by molar-refractivity contribution is 7.37. The highest BCUT2D eigenvalue weighted by Gasteiger charge is 2.17. The highest BCUT2D eigenvalue weighted by Crippen LogP contribution is 2.22. The summed E-state index contributed by atoms with van der Waals surface area (Å²) in [6.45, 7) is 9.25. The number of carbonyl (C=O) groups is 2. The van der Waals surface area contributed by atoms with E-state index in [0.29, 0.717) is 30.4 Å². The molecule has 0 aliphatic carbocycles. The minimum atomic E-state index is 0.177. The lowest BCUT2D eigenvalue weighted by Gasteiger charge is -2.18. The summed E-state index contributed by atoms with van der Waals surface area (Å²) in [6, 6.07) is 0. The molecule has 1 aliphatic rings. The van der Waals surface area contributed by atoms with Gasteiger partial charge >= 0.3 is 0 Å². The van der Waals surface area contributed by atoms with Crippen molar-refractivity contribution in [2.75, 3.05) is 51.6 Å². The highest BCUT2D eigenvalue weighted by atomic mass is 31.1. The number of carbonyl (C=O) groups excluding carboxylic acids is 2. The van der Waals surface area contributed by atoms with E-state index in [1.165, 1.54) is 38.0 Å². The summed E-state index contributed by atoms with van der Waals surface area (Å²) < 4.78 is 0. The lowest BCUT2D eigenvalue weighted by Crippen LogP contribution is -2.31. The minimum absolute atomic E-state index is 0.177. The van der Waals surface area contributed by atoms with E-state index < -0.39 is 0 Å². The molecule has 0 spiro atoms. The molecule has 5 nitrogen and oxygen atoms in total. The molecule has 0 aromatic carbocycles. The zero-order valence-corrected chi connectivity index (χ0v) is 20.0. The van der Waals surface area contributed by atoms with Crippen LogP contribution in [0.5, 0.6) is 0 Å². The van der Waals surface area contributed by atoms with Crippen LogP contribution in [0, 0.1) is 11.8 Å². The number of rotatable bonds is 7. The average molecular weight is 428 g/mol. The van der Waals surface area contributed by atoms with Crippen LogP contribution >= 0.6 is 8.58 Å². The van der Waals surface area contributed by atoms with E-state index in [4.69, 9.17) is 0 Å². The molecule has 3 N–H and O–H groups in total. The molecule has 1 saturated heterocycles. The smallest absolute Gasteiger partial charge is 0.149 e. The van der Waals surface area contributed by atoms with Gasteiger partial charge in [0, 0.05) is 18.8 Å². The van der Waals surface area contributed by atoms with Crippen molar-refractivity contribution < 1.29 is 9.59 Å². The maximum atomic E-state index is 12.5. The molecular formula is C23H46N3O2P. The van der Waals surface area contributed by atoms with Gasteiger partial charge in [-0.05, 0) is 76.6 Å². The fourth-order valence-corrected chi connectivity index (χ4v) is 5.36. The predicted molar refractivity (Wildman–Crippen MR) is 127 cm³/mol. The van der Waals surface area contributed by atoms with Crippen LogP contribution in [0.2, 0.25) is 0 Å². The Morgan fingerprint density at radius 2 is 1.83 bits per heavy atom. The first-order chi connectivity index (χ1) is 14.2. The zero-order chi connectivity index (χ0) is 21.2. The summed E-state index contributed by atoms with van der Waals surface area (Å²) in [4.78, 5) is 24.9. The molecule has 1 rings (SSSR count). The van der Waals surface area contributed by atoms with Crippen LogP contribution < -0.4 is 16.0 Å². The molecule has 1 aliphatic heterocycles. The van der Waals surface area contributed by atoms with Crippen LogP contribution in [0.15, 0.2) is 0 Å². The molecule has 0 amide bonds. The summed E-state index contributed by atoms with van der Waals surface area (Å²) >= 11 is 0. The van der Waals surface area contributed by atoms with Gasteiger partial charge < -0.3 is 16.0 Å². The summed E-state index contributed by atoms with van der Waals surface area (Å²) in [7, 11) is 0.973. The van der Waals surface area contributed by atoms with Crippen molar-refractivity contribution in [1.29, 1.82) is 0 Å². The normalized spacial score (nSPS) is 25.4. The molecule has 29 heavy (non-hydrogen) atoms. The third-order valence-corrected chi connectivity index (χ3v) is 7.34. The van der Waals surface area contributed by atoms with E-state index in [-0.39, 0.29) is 5.92 Å². The molecular weight excluding hydrogens is 381 g/mol. The molecule has 0 bridgehead atoms. The first-order valence-corrected chi connectivity index (χ1v) is 13.5. The molecule has 0 saturated carbocycles. The van der Waals surface area contributed by atoms with E-state index in [2.05, 4.69) is 22.9 Å². The van der Waals surface area contributed by atoms with Crippen molar-refractivity contribution in [1.82, 2.24) is 16.0 Å². The van der Waals surface area contributed by atoms with E-state index in [1.807, 2.05) is 6.92 Å². The Morgan fingerprint density at radius 1 is 1.03 bits per heavy atom. The van der Waals surface area contributed by atoms with Gasteiger partial charge in [0.2, 0.25) is 0 Å². The van der Waals surface area contributed by atoms with Crippen molar-refractivity contribution in [2.45, 2.75) is 71.6 Å². The van der Waals surface area contributed by atoms with E-state index in [1.54, 1.807) is 0 Å². The lowest BCUT2D eigenvalue weighted by molar-refractivity contribution is -0.122. The fraction of sp³-hybridized carbons (Fsp3) is 0.913. The van der Waals surface area contributed by atoms with Gasteiger partial charge in [0.1, 0.15) is 11.6 Å². The SMILES string of the molecule is CCNCC(=O)C1CCCCCCPCC(CNCC)CC(=O)CCCNCC1. The van der Waals surface area contributed by atoms with Gasteiger partial charge in [0.05, 0.1) is 6.54 Å². The van der Waals surface area contributed by atoms with Crippen LogP contribution in [-0.2, 0) is 9.59 Å². The number of nitrogens with one attached hydrogen (secondary N) is 3. The van der Waals surface area contributed by atoms with Gasteiger partial charge in [-0.3, -0.25) is 9.59 Å². The van der Waals surface area contributed by atoms with Gasteiger partial charge in [-0.25, -0.2) is 0 Å². The van der Waals surface area contributed by atoms with Gasteiger partial charge in [0.15, 0.2) is 0 Å². The van der Waals surface area contributed by atoms with E-state index >= 15 is 0 Å². The Kier molecular flexibility index (Phi) is 17.0. The fourth-order valence-electron chi connectivity index (χ4n) is 3.96. The third kappa shape index (κ3) is 14.3. The predicted octanol–water partition coefficient (Wildman–Crippen LogP) is 3.37. The molecule has 0 aromatic heterocycles. The van der Waals surface area contributed by atoms with E-state index in [9.17, 15) is 9.59 Å². The molecule has 0 radical (unpaired) electrons. The van der Waals surface area contributed by atoms with Crippen molar-refractivity contribution in [2.24, 2.45) is 11.8 Å². The van der Waals surface area contributed by atoms with Gasteiger partial charge in [0.25, 0.3) is 0 Å². The largest absolute Gasteiger partial charge is 0.317 e. The summed E-state index contributed by atoms with van der Waals surface area (Å²) in [6.07, 6.45) is 11.7. The quantitative estimate of drug-likeness (QED) is 0.544. The Bertz CT molecular complexity index is 434. The van der Waals surface area contributed by atoms with Gasteiger partial charge in [-0.1, -0.05) is 33.1 Å². The number of Topliss-reactive ketones (excluding diaryl/α,β-unsaturated/α-hetero) is 2. The lowest BCUT2D eigenvalue weighted by atomic mass is 9.93. The monoisotopic (exact) mass is 427 g/mol. The molecule has 3 unspecified atom stereocenters. The average Bonchev–Trinajstić information content (AvgIpc) is 2.71. The Morgan fingerprint density at radius 3 is 2.62 bits per heavy atom. The summed E-state index contributed by atoms with van der Waals surface area (Å²) in [5.41, 5.74) is 0. The zero-order valence-electron chi connectivity index (χ0n) is 19.0. The maximum Gasteiger partial charge on any atom is 0.149 e. The Labute approximate surface area is 181 Å². The minimum Gasteiger partial charge on any atom is -0.317 e. The van der Waals surface area contributed by atoms with Crippen LogP contribution in [0.25, 0.3) is 0 Å². The van der Waals surface area contributed by atoms with Crippen LogP contribution in [0.4, 0.5) is 0 Å². The first-order valence-electron chi connectivity index (χ1n) is 12.0. The maximum absolute atomic E-state index is 12.5. The second-order valence-electron chi connectivity index (χ2n) is 8.41. The topological polar surface area (TPSA) is 70.2 Å². The van der Waals surface area contributed by atoms with Crippen LogP contribution in [-0.4, -0.2) is 63.2 Å². The molecule has 1 heterocycles. The summed E-state index contributed by atoms with van der Waals surface area (Å²) in [5, 5.41) is 10.1. The third-order valence-electron chi connectivity index (χ3n) is 5.77. The molecule has 170 valence electrons. The summed E-state index contributed by atoms with van der Waals surface area (Å²) in [5.74, 6) is 1.47. The number of ketones is 2. The van der Waals surface area contributed by atoms with Crippen molar-refractivity contribution in [3.63, 3.8) is 0 Å². The number of hydrogen-bond acceptors (Lipinski definition) is 5. The molecule has 1 fully saturated rings. The second kappa shape index (κ2) is 18.4. The van der Waals surface area contributed by atoms with Crippen molar-refractivity contribution >= 4 is 20.1 Å².